The van der Waals surface area contributed by atoms with E-state index >= 15 is 0 Å². The minimum Gasteiger partial charge on any atom is -0.353 e. The lowest BCUT2D eigenvalue weighted by atomic mass is 10.2. The number of rotatable bonds is 7. The average molecular weight is 281 g/mol. The summed E-state index contributed by atoms with van der Waals surface area (Å²) in [7, 11) is 0. The monoisotopic (exact) mass is 280 g/mol. The Labute approximate surface area is 117 Å². The summed E-state index contributed by atoms with van der Waals surface area (Å²) in [5.41, 5.74) is 0.556. The summed E-state index contributed by atoms with van der Waals surface area (Å²) in [5.74, 6) is -0.205. The molecule has 0 heterocycles. The van der Waals surface area contributed by atoms with Gasteiger partial charge in [0.05, 0.1) is 0 Å². The van der Waals surface area contributed by atoms with Crippen LogP contribution in [0, 0.1) is 0 Å². The standard InChI is InChI=1S/C14H17ClN2O2/c1-2-9-16-13(18)4-3-10-17-14(19)11-5-7-12(15)8-6-11/h2,5-8H,1,3-4,9-10H2,(H,16,18)(H,17,19). The number of hydrogen-bond acceptors (Lipinski definition) is 2. The van der Waals surface area contributed by atoms with Crippen LogP contribution in [0.4, 0.5) is 0 Å². The van der Waals surface area contributed by atoms with Crippen LogP contribution in [0.3, 0.4) is 0 Å². The van der Waals surface area contributed by atoms with Gasteiger partial charge in [-0.25, -0.2) is 0 Å². The third-order valence-corrected chi connectivity index (χ3v) is 2.67. The normalized spacial score (nSPS) is 9.74. The van der Waals surface area contributed by atoms with Crippen molar-refractivity contribution in [3.63, 3.8) is 0 Å². The van der Waals surface area contributed by atoms with Crippen LogP contribution in [0.15, 0.2) is 36.9 Å². The van der Waals surface area contributed by atoms with Crippen molar-refractivity contribution in [1.29, 1.82) is 0 Å². The van der Waals surface area contributed by atoms with Crippen molar-refractivity contribution in [1.82, 2.24) is 10.6 Å². The van der Waals surface area contributed by atoms with E-state index in [0.29, 0.717) is 36.5 Å². The lowest BCUT2D eigenvalue weighted by molar-refractivity contribution is -0.120. The maximum atomic E-state index is 11.7. The predicted octanol–water partition coefficient (Wildman–Crippen LogP) is 2.15. The first-order chi connectivity index (χ1) is 9.13. The van der Waals surface area contributed by atoms with Gasteiger partial charge < -0.3 is 10.6 Å². The number of carbonyl (C=O) groups excluding carboxylic acids is 2. The second-order valence-electron chi connectivity index (χ2n) is 3.96. The zero-order chi connectivity index (χ0) is 14.1. The van der Waals surface area contributed by atoms with Crippen molar-refractivity contribution in [3.05, 3.63) is 47.5 Å². The number of hydrogen-bond donors (Lipinski definition) is 2. The van der Waals surface area contributed by atoms with E-state index in [1.807, 2.05) is 0 Å². The Bertz CT molecular complexity index is 443. The van der Waals surface area contributed by atoms with Gasteiger partial charge >= 0.3 is 0 Å². The van der Waals surface area contributed by atoms with Gasteiger partial charge in [-0.15, -0.1) is 6.58 Å². The summed E-state index contributed by atoms with van der Waals surface area (Å²) in [4.78, 5) is 23.0. The molecule has 4 nitrogen and oxygen atoms in total. The molecule has 0 radical (unpaired) electrons. The van der Waals surface area contributed by atoms with Crippen LogP contribution < -0.4 is 10.6 Å². The Morgan fingerprint density at radius 3 is 2.53 bits per heavy atom. The number of carbonyl (C=O) groups is 2. The molecule has 0 aliphatic heterocycles. The molecule has 0 atom stereocenters. The van der Waals surface area contributed by atoms with E-state index in [4.69, 9.17) is 11.6 Å². The Balaban J connectivity index is 2.22. The summed E-state index contributed by atoms with van der Waals surface area (Å²) in [6.45, 7) is 4.44. The molecule has 0 saturated carbocycles. The van der Waals surface area contributed by atoms with Gasteiger partial charge in [-0.05, 0) is 30.7 Å². The molecule has 0 aromatic heterocycles. The van der Waals surface area contributed by atoms with Gasteiger partial charge in [0.1, 0.15) is 0 Å². The van der Waals surface area contributed by atoms with Crippen molar-refractivity contribution < 1.29 is 9.59 Å². The molecule has 0 saturated heterocycles. The van der Waals surface area contributed by atoms with E-state index in [0.717, 1.165) is 0 Å². The lowest BCUT2D eigenvalue weighted by Crippen LogP contribution is -2.27. The van der Waals surface area contributed by atoms with Gasteiger partial charge in [0.25, 0.3) is 5.91 Å². The number of halogens is 1. The molecule has 0 aliphatic carbocycles. The largest absolute Gasteiger partial charge is 0.353 e. The lowest BCUT2D eigenvalue weighted by Gasteiger charge is -2.05. The van der Waals surface area contributed by atoms with Crippen LogP contribution in [0.1, 0.15) is 23.2 Å². The topological polar surface area (TPSA) is 58.2 Å². The van der Waals surface area contributed by atoms with Crippen LogP contribution in [0.5, 0.6) is 0 Å². The fourth-order valence-electron chi connectivity index (χ4n) is 1.43. The van der Waals surface area contributed by atoms with E-state index in [-0.39, 0.29) is 11.8 Å². The van der Waals surface area contributed by atoms with E-state index < -0.39 is 0 Å². The van der Waals surface area contributed by atoms with Gasteiger partial charge in [0.15, 0.2) is 0 Å². The van der Waals surface area contributed by atoms with Crippen LogP contribution in [-0.4, -0.2) is 24.9 Å². The maximum absolute atomic E-state index is 11.7. The minimum atomic E-state index is -0.164. The Morgan fingerprint density at radius 2 is 1.89 bits per heavy atom. The smallest absolute Gasteiger partial charge is 0.251 e. The molecule has 0 aliphatic rings. The maximum Gasteiger partial charge on any atom is 0.251 e. The summed E-state index contributed by atoms with van der Waals surface area (Å²) in [6, 6.07) is 6.65. The Morgan fingerprint density at radius 1 is 1.21 bits per heavy atom. The molecule has 5 heteroatoms. The molecule has 1 aromatic rings. The molecule has 0 fully saturated rings. The molecule has 1 rings (SSSR count). The van der Waals surface area contributed by atoms with E-state index in [9.17, 15) is 9.59 Å². The zero-order valence-electron chi connectivity index (χ0n) is 10.6. The molecule has 0 unspecified atom stereocenters. The molecular weight excluding hydrogens is 264 g/mol. The summed E-state index contributed by atoms with van der Waals surface area (Å²) in [6.07, 6.45) is 2.61. The highest BCUT2D eigenvalue weighted by molar-refractivity contribution is 6.30. The second kappa shape index (κ2) is 8.32. The van der Waals surface area contributed by atoms with Crippen molar-refractivity contribution in [3.8, 4) is 0 Å². The van der Waals surface area contributed by atoms with Crippen molar-refractivity contribution in [2.75, 3.05) is 13.1 Å². The quantitative estimate of drug-likeness (QED) is 0.594. The SMILES string of the molecule is C=CCNC(=O)CCCNC(=O)c1ccc(Cl)cc1. The number of benzene rings is 1. The minimum absolute atomic E-state index is 0.0411. The highest BCUT2D eigenvalue weighted by Gasteiger charge is 2.05. The molecule has 19 heavy (non-hydrogen) atoms. The first-order valence-electron chi connectivity index (χ1n) is 6.05. The van der Waals surface area contributed by atoms with Gasteiger partial charge in [-0.3, -0.25) is 9.59 Å². The summed E-state index contributed by atoms with van der Waals surface area (Å²) >= 11 is 5.74. The summed E-state index contributed by atoms with van der Waals surface area (Å²) in [5, 5.41) is 6.01. The third-order valence-electron chi connectivity index (χ3n) is 2.42. The fraction of sp³-hybridized carbons (Fsp3) is 0.286. The average Bonchev–Trinajstić information content (AvgIpc) is 2.41. The molecular formula is C14H17ClN2O2. The van der Waals surface area contributed by atoms with Gasteiger partial charge in [-0.2, -0.15) is 0 Å². The Hall–Kier alpha value is -1.81. The van der Waals surface area contributed by atoms with E-state index in [2.05, 4.69) is 17.2 Å². The van der Waals surface area contributed by atoms with Crippen molar-refractivity contribution >= 4 is 23.4 Å². The molecule has 2 N–H and O–H groups in total. The summed E-state index contributed by atoms with van der Waals surface area (Å²) < 4.78 is 0. The molecule has 102 valence electrons. The molecule has 2 amide bonds. The van der Waals surface area contributed by atoms with Crippen LogP contribution in [0.2, 0.25) is 5.02 Å². The van der Waals surface area contributed by atoms with Gasteiger partial charge in [0, 0.05) is 30.1 Å². The van der Waals surface area contributed by atoms with Crippen LogP contribution >= 0.6 is 11.6 Å². The molecule has 0 bridgehead atoms. The van der Waals surface area contributed by atoms with Crippen LogP contribution in [0.25, 0.3) is 0 Å². The first kappa shape index (κ1) is 15.2. The predicted molar refractivity (Wildman–Crippen MR) is 76.2 cm³/mol. The number of nitrogens with one attached hydrogen (secondary N) is 2. The van der Waals surface area contributed by atoms with Gasteiger partial charge in [0.2, 0.25) is 5.91 Å². The van der Waals surface area contributed by atoms with Crippen LogP contribution in [-0.2, 0) is 4.79 Å². The van der Waals surface area contributed by atoms with Crippen molar-refractivity contribution in [2.45, 2.75) is 12.8 Å². The number of amides is 2. The van der Waals surface area contributed by atoms with E-state index in [1.165, 1.54) is 0 Å². The van der Waals surface area contributed by atoms with Crippen molar-refractivity contribution in [2.24, 2.45) is 0 Å². The first-order valence-corrected chi connectivity index (χ1v) is 6.42. The van der Waals surface area contributed by atoms with Gasteiger partial charge in [-0.1, -0.05) is 17.7 Å². The van der Waals surface area contributed by atoms with E-state index in [1.54, 1.807) is 30.3 Å². The Kier molecular flexibility index (Phi) is 6.68. The zero-order valence-corrected chi connectivity index (χ0v) is 11.4. The molecule has 0 spiro atoms. The second-order valence-corrected chi connectivity index (χ2v) is 4.40. The highest BCUT2D eigenvalue weighted by atomic mass is 35.5. The third kappa shape index (κ3) is 6.06. The molecule has 1 aromatic carbocycles. The highest BCUT2D eigenvalue weighted by Crippen LogP contribution is 2.09. The fourth-order valence-corrected chi connectivity index (χ4v) is 1.55.